The standard InChI is InChI=1S/C10H13N2O/c1-9(13)12(2)7-5-10-4-3-6-11-8-10/h3-4,6,8H,1,5,7H2,2H3. The number of hydrogen-bond acceptors (Lipinski definition) is 2. The molecule has 1 aromatic rings. The Hall–Kier alpha value is -1.38. The molecule has 1 rings (SSSR count). The maximum Gasteiger partial charge on any atom is 0.222 e. The summed E-state index contributed by atoms with van der Waals surface area (Å²) in [7, 11) is 1.74. The lowest BCUT2D eigenvalue weighted by Gasteiger charge is -2.13. The quantitative estimate of drug-likeness (QED) is 0.687. The van der Waals surface area contributed by atoms with Crippen LogP contribution in [0.25, 0.3) is 0 Å². The Kier molecular flexibility index (Phi) is 3.43. The molecule has 0 unspecified atom stereocenters. The predicted molar refractivity (Wildman–Crippen MR) is 50.9 cm³/mol. The summed E-state index contributed by atoms with van der Waals surface area (Å²) in [4.78, 5) is 16.3. The van der Waals surface area contributed by atoms with Crippen molar-refractivity contribution >= 4 is 5.91 Å². The molecule has 0 saturated carbocycles. The molecular weight excluding hydrogens is 164 g/mol. The first kappa shape index (κ1) is 9.71. The number of likely N-dealkylation sites (N-methyl/N-ethyl adjacent to an activating group) is 1. The summed E-state index contributed by atoms with van der Waals surface area (Å²) in [5.41, 5.74) is 1.13. The SMILES string of the molecule is [CH2]C(=O)N(C)CCc1cccnc1. The van der Waals surface area contributed by atoms with Crippen molar-refractivity contribution in [3.63, 3.8) is 0 Å². The summed E-state index contributed by atoms with van der Waals surface area (Å²) in [5.74, 6) is -0.149. The molecule has 0 saturated heterocycles. The van der Waals surface area contributed by atoms with Gasteiger partial charge in [0.05, 0.1) is 0 Å². The first-order valence-corrected chi connectivity index (χ1v) is 4.16. The normalized spacial score (nSPS) is 9.69. The van der Waals surface area contributed by atoms with Crippen LogP contribution in [-0.2, 0) is 11.2 Å². The van der Waals surface area contributed by atoms with Gasteiger partial charge in [-0.1, -0.05) is 6.07 Å². The molecule has 1 heterocycles. The Labute approximate surface area is 78.4 Å². The average molecular weight is 177 g/mol. The van der Waals surface area contributed by atoms with Crippen LogP contribution in [0.3, 0.4) is 0 Å². The van der Waals surface area contributed by atoms with E-state index in [0.717, 1.165) is 12.0 Å². The van der Waals surface area contributed by atoms with Gasteiger partial charge in [-0.3, -0.25) is 9.78 Å². The molecule has 1 aromatic heterocycles. The van der Waals surface area contributed by atoms with Crippen molar-refractivity contribution < 1.29 is 4.79 Å². The van der Waals surface area contributed by atoms with E-state index in [1.165, 1.54) is 0 Å². The highest BCUT2D eigenvalue weighted by Crippen LogP contribution is 1.98. The van der Waals surface area contributed by atoms with Crippen molar-refractivity contribution in [1.82, 2.24) is 9.88 Å². The van der Waals surface area contributed by atoms with Gasteiger partial charge in [0, 0.05) is 32.9 Å². The van der Waals surface area contributed by atoms with Crippen molar-refractivity contribution in [3.05, 3.63) is 37.0 Å². The average Bonchev–Trinajstić information content (AvgIpc) is 2.15. The molecule has 0 bridgehead atoms. The molecule has 13 heavy (non-hydrogen) atoms. The van der Waals surface area contributed by atoms with E-state index in [9.17, 15) is 4.79 Å². The van der Waals surface area contributed by atoms with Crippen molar-refractivity contribution in [2.45, 2.75) is 6.42 Å². The monoisotopic (exact) mass is 177 g/mol. The molecule has 0 aliphatic rings. The molecule has 0 aliphatic carbocycles. The number of carbonyl (C=O) groups is 1. The van der Waals surface area contributed by atoms with Crippen molar-refractivity contribution in [2.75, 3.05) is 13.6 Å². The van der Waals surface area contributed by atoms with Crippen molar-refractivity contribution in [1.29, 1.82) is 0 Å². The summed E-state index contributed by atoms with van der Waals surface area (Å²) >= 11 is 0. The summed E-state index contributed by atoms with van der Waals surface area (Å²) in [6.07, 6.45) is 4.37. The number of nitrogens with zero attached hydrogens (tertiary/aromatic N) is 2. The molecule has 3 heteroatoms. The number of carbonyl (C=O) groups excluding carboxylic acids is 1. The van der Waals surface area contributed by atoms with Gasteiger partial charge >= 0.3 is 0 Å². The maximum atomic E-state index is 10.8. The molecule has 0 spiro atoms. The molecule has 1 radical (unpaired) electrons. The Morgan fingerprint density at radius 3 is 3.00 bits per heavy atom. The predicted octanol–water partition coefficient (Wildman–Crippen LogP) is 0.917. The molecule has 0 aromatic carbocycles. The Balaban J connectivity index is 2.39. The highest BCUT2D eigenvalue weighted by molar-refractivity contribution is 5.79. The van der Waals surface area contributed by atoms with Crippen LogP contribution in [0.1, 0.15) is 5.56 Å². The lowest BCUT2D eigenvalue weighted by atomic mass is 10.2. The Bertz CT molecular complexity index is 272. The van der Waals surface area contributed by atoms with Gasteiger partial charge in [-0.25, -0.2) is 0 Å². The Morgan fingerprint density at radius 2 is 2.46 bits per heavy atom. The fourth-order valence-electron chi connectivity index (χ4n) is 0.968. The number of rotatable bonds is 3. The fourth-order valence-corrected chi connectivity index (χ4v) is 0.968. The van der Waals surface area contributed by atoms with Crippen LogP contribution in [0.4, 0.5) is 0 Å². The fraction of sp³-hybridized carbons (Fsp3) is 0.300. The first-order valence-electron chi connectivity index (χ1n) is 4.16. The van der Waals surface area contributed by atoms with E-state index in [0.29, 0.717) is 6.54 Å². The summed E-state index contributed by atoms with van der Waals surface area (Å²) in [6.45, 7) is 4.01. The van der Waals surface area contributed by atoms with E-state index in [1.54, 1.807) is 24.3 Å². The van der Waals surface area contributed by atoms with Gasteiger partial charge in [0.15, 0.2) is 0 Å². The van der Waals surface area contributed by atoms with Gasteiger partial charge in [0.25, 0.3) is 0 Å². The van der Waals surface area contributed by atoms with Crippen LogP contribution in [0.15, 0.2) is 24.5 Å². The van der Waals surface area contributed by atoms with Gasteiger partial charge in [-0.05, 0) is 18.1 Å². The van der Waals surface area contributed by atoms with Gasteiger partial charge < -0.3 is 4.90 Å². The first-order chi connectivity index (χ1) is 6.20. The minimum absolute atomic E-state index is 0.149. The molecule has 0 aliphatic heterocycles. The zero-order valence-corrected chi connectivity index (χ0v) is 7.73. The highest BCUT2D eigenvalue weighted by Gasteiger charge is 2.01. The topological polar surface area (TPSA) is 33.2 Å². The van der Waals surface area contributed by atoms with Crippen molar-refractivity contribution in [2.24, 2.45) is 0 Å². The molecule has 0 N–H and O–H groups in total. The van der Waals surface area contributed by atoms with Crippen molar-refractivity contribution in [3.8, 4) is 0 Å². The zero-order valence-electron chi connectivity index (χ0n) is 7.73. The number of amides is 1. The summed E-state index contributed by atoms with van der Waals surface area (Å²) in [5, 5.41) is 0. The number of pyridine rings is 1. The van der Waals surface area contributed by atoms with E-state index >= 15 is 0 Å². The lowest BCUT2D eigenvalue weighted by molar-refractivity contribution is -0.125. The van der Waals surface area contributed by atoms with E-state index in [-0.39, 0.29) is 5.91 Å². The summed E-state index contributed by atoms with van der Waals surface area (Å²) in [6, 6.07) is 3.88. The van der Waals surface area contributed by atoms with Crippen LogP contribution in [-0.4, -0.2) is 29.4 Å². The third-order valence-electron chi connectivity index (χ3n) is 1.88. The molecule has 69 valence electrons. The van der Waals surface area contributed by atoms with Gasteiger partial charge in [0.2, 0.25) is 5.91 Å². The molecule has 0 fully saturated rings. The van der Waals surface area contributed by atoms with E-state index in [2.05, 4.69) is 11.9 Å². The Morgan fingerprint density at radius 1 is 1.69 bits per heavy atom. The molecule has 0 atom stereocenters. The number of aromatic nitrogens is 1. The smallest absolute Gasteiger partial charge is 0.222 e. The van der Waals surface area contributed by atoms with Crippen LogP contribution >= 0.6 is 0 Å². The zero-order chi connectivity index (χ0) is 9.68. The number of hydrogen-bond donors (Lipinski definition) is 0. The van der Waals surface area contributed by atoms with Gasteiger partial charge in [-0.2, -0.15) is 0 Å². The molecular formula is C10H13N2O. The largest absolute Gasteiger partial charge is 0.345 e. The van der Waals surface area contributed by atoms with Gasteiger partial charge in [-0.15, -0.1) is 0 Å². The van der Waals surface area contributed by atoms with E-state index < -0.39 is 0 Å². The van der Waals surface area contributed by atoms with Crippen LogP contribution in [0.5, 0.6) is 0 Å². The second-order valence-corrected chi connectivity index (χ2v) is 2.93. The minimum Gasteiger partial charge on any atom is -0.345 e. The molecule has 3 nitrogen and oxygen atoms in total. The summed E-state index contributed by atoms with van der Waals surface area (Å²) < 4.78 is 0. The van der Waals surface area contributed by atoms with Crippen LogP contribution in [0, 0.1) is 6.92 Å². The van der Waals surface area contributed by atoms with E-state index in [4.69, 9.17) is 0 Å². The van der Waals surface area contributed by atoms with Crippen LogP contribution in [0.2, 0.25) is 0 Å². The lowest BCUT2D eigenvalue weighted by Crippen LogP contribution is -2.26. The van der Waals surface area contributed by atoms with Crippen LogP contribution < -0.4 is 0 Å². The van der Waals surface area contributed by atoms with Gasteiger partial charge in [0.1, 0.15) is 0 Å². The third-order valence-corrected chi connectivity index (χ3v) is 1.88. The third kappa shape index (κ3) is 3.23. The maximum absolute atomic E-state index is 10.8. The minimum atomic E-state index is -0.149. The van der Waals surface area contributed by atoms with E-state index in [1.807, 2.05) is 12.1 Å². The second kappa shape index (κ2) is 4.60. The molecule has 1 amide bonds. The second-order valence-electron chi connectivity index (χ2n) is 2.93. The highest BCUT2D eigenvalue weighted by atomic mass is 16.2.